The van der Waals surface area contributed by atoms with Gasteiger partial charge in [0.15, 0.2) is 0 Å². The van der Waals surface area contributed by atoms with E-state index in [0.29, 0.717) is 12.0 Å². The van der Waals surface area contributed by atoms with Crippen LogP contribution in [-0.2, 0) is 4.74 Å². The first-order chi connectivity index (χ1) is 7.63. The van der Waals surface area contributed by atoms with Gasteiger partial charge in [-0.1, -0.05) is 0 Å². The third-order valence-corrected chi connectivity index (χ3v) is 3.26. The van der Waals surface area contributed by atoms with E-state index in [0.717, 1.165) is 19.8 Å². The van der Waals surface area contributed by atoms with Gasteiger partial charge in [-0.15, -0.1) is 0 Å². The molecule has 0 aromatic rings. The molecule has 96 valence electrons. The van der Waals surface area contributed by atoms with Crippen molar-refractivity contribution in [3.05, 3.63) is 0 Å². The molecule has 1 heterocycles. The molecule has 0 spiro atoms. The molecule has 2 unspecified atom stereocenters. The Morgan fingerprint density at radius 3 is 2.56 bits per heavy atom. The Hall–Kier alpha value is -0.160. The summed E-state index contributed by atoms with van der Waals surface area (Å²) in [7, 11) is 8.49. The Balaban J connectivity index is 2.15. The number of likely N-dealkylation sites (N-methyl/N-ethyl adjacent to an activating group) is 1. The van der Waals surface area contributed by atoms with E-state index >= 15 is 0 Å². The summed E-state index contributed by atoms with van der Waals surface area (Å²) in [5, 5.41) is 3.33. The first-order valence-corrected chi connectivity index (χ1v) is 6.21. The van der Waals surface area contributed by atoms with Crippen LogP contribution in [0, 0.1) is 5.92 Å². The molecule has 2 atom stereocenters. The molecule has 0 aromatic carbocycles. The van der Waals surface area contributed by atoms with Crippen LogP contribution < -0.4 is 5.32 Å². The maximum Gasteiger partial charge on any atom is 0.0623 e. The second-order valence-electron chi connectivity index (χ2n) is 5.11. The Bertz CT molecular complexity index is 187. The van der Waals surface area contributed by atoms with Crippen LogP contribution in [0.5, 0.6) is 0 Å². The van der Waals surface area contributed by atoms with Crippen molar-refractivity contribution in [3.8, 4) is 0 Å². The van der Waals surface area contributed by atoms with Gasteiger partial charge in [0, 0.05) is 18.5 Å². The van der Waals surface area contributed by atoms with E-state index in [1.165, 1.54) is 19.5 Å². The quantitative estimate of drug-likeness (QED) is 0.670. The maximum absolute atomic E-state index is 5.51. The van der Waals surface area contributed by atoms with Crippen molar-refractivity contribution in [2.45, 2.75) is 12.5 Å². The summed E-state index contributed by atoms with van der Waals surface area (Å²) in [5.41, 5.74) is 0. The summed E-state index contributed by atoms with van der Waals surface area (Å²) in [6, 6.07) is 0.538. The van der Waals surface area contributed by atoms with E-state index in [-0.39, 0.29) is 0 Å². The molecule has 1 saturated heterocycles. The van der Waals surface area contributed by atoms with Crippen LogP contribution in [0.1, 0.15) is 6.42 Å². The molecule has 0 bridgehead atoms. The fourth-order valence-electron chi connectivity index (χ4n) is 2.25. The first kappa shape index (κ1) is 13.9. The van der Waals surface area contributed by atoms with Gasteiger partial charge < -0.3 is 19.9 Å². The van der Waals surface area contributed by atoms with E-state index < -0.39 is 0 Å². The highest BCUT2D eigenvalue weighted by Gasteiger charge is 2.27. The van der Waals surface area contributed by atoms with Gasteiger partial charge in [-0.3, -0.25) is 0 Å². The van der Waals surface area contributed by atoms with Crippen molar-refractivity contribution >= 4 is 0 Å². The van der Waals surface area contributed by atoms with Crippen LogP contribution in [0.4, 0.5) is 0 Å². The van der Waals surface area contributed by atoms with Gasteiger partial charge in [-0.2, -0.15) is 0 Å². The topological polar surface area (TPSA) is 27.7 Å². The molecule has 1 aliphatic heterocycles. The number of nitrogens with zero attached hydrogens (tertiary/aromatic N) is 2. The largest absolute Gasteiger partial charge is 0.379 e. The molecule has 16 heavy (non-hydrogen) atoms. The monoisotopic (exact) mass is 229 g/mol. The van der Waals surface area contributed by atoms with E-state index in [9.17, 15) is 0 Å². The lowest BCUT2D eigenvalue weighted by Gasteiger charge is -2.24. The van der Waals surface area contributed by atoms with Crippen molar-refractivity contribution in [3.63, 3.8) is 0 Å². The predicted molar refractivity (Wildman–Crippen MR) is 67.8 cm³/mol. The Morgan fingerprint density at radius 2 is 1.94 bits per heavy atom. The zero-order valence-electron chi connectivity index (χ0n) is 11.2. The van der Waals surface area contributed by atoms with Gasteiger partial charge in [0.25, 0.3) is 0 Å². The normalized spacial score (nSPS) is 25.9. The lowest BCUT2D eigenvalue weighted by Crippen LogP contribution is -2.39. The highest BCUT2D eigenvalue weighted by molar-refractivity contribution is 4.81. The average molecular weight is 229 g/mol. The van der Waals surface area contributed by atoms with Crippen LogP contribution >= 0.6 is 0 Å². The van der Waals surface area contributed by atoms with Crippen molar-refractivity contribution < 1.29 is 4.74 Å². The number of rotatable bonds is 7. The third-order valence-electron chi connectivity index (χ3n) is 3.26. The van der Waals surface area contributed by atoms with Crippen molar-refractivity contribution in [1.29, 1.82) is 0 Å². The van der Waals surface area contributed by atoms with E-state index in [4.69, 9.17) is 4.74 Å². The van der Waals surface area contributed by atoms with Crippen LogP contribution in [0.3, 0.4) is 0 Å². The van der Waals surface area contributed by atoms with Crippen LogP contribution in [0.25, 0.3) is 0 Å². The smallest absolute Gasteiger partial charge is 0.0623 e. The van der Waals surface area contributed by atoms with E-state index in [2.05, 4.69) is 36.3 Å². The van der Waals surface area contributed by atoms with Crippen LogP contribution in [0.2, 0.25) is 0 Å². The third kappa shape index (κ3) is 4.78. The second kappa shape index (κ2) is 7.22. The van der Waals surface area contributed by atoms with Gasteiger partial charge in [-0.25, -0.2) is 0 Å². The molecule has 1 aliphatic rings. The molecule has 0 radical (unpaired) electrons. The maximum atomic E-state index is 5.51. The van der Waals surface area contributed by atoms with Gasteiger partial charge in [-0.05, 0) is 47.7 Å². The number of hydrogen-bond acceptors (Lipinski definition) is 4. The second-order valence-corrected chi connectivity index (χ2v) is 5.11. The van der Waals surface area contributed by atoms with Gasteiger partial charge in [0.05, 0.1) is 13.2 Å². The predicted octanol–water partition coefficient (Wildman–Crippen LogP) is 0.104. The fourth-order valence-corrected chi connectivity index (χ4v) is 2.25. The molecule has 1 N–H and O–H groups in total. The summed E-state index contributed by atoms with van der Waals surface area (Å²) in [6.45, 7) is 5.25. The molecule has 0 amide bonds. The van der Waals surface area contributed by atoms with E-state index in [1.807, 2.05) is 7.05 Å². The summed E-state index contributed by atoms with van der Waals surface area (Å²) in [5.74, 6) is 0.648. The van der Waals surface area contributed by atoms with Crippen LogP contribution in [-0.4, -0.2) is 76.9 Å². The average Bonchev–Trinajstić information content (AvgIpc) is 2.64. The molecule has 1 rings (SSSR count). The van der Waals surface area contributed by atoms with Crippen molar-refractivity contribution in [1.82, 2.24) is 15.1 Å². The summed E-state index contributed by atoms with van der Waals surface area (Å²) in [4.78, 5) is 4.66. The van der Waals surface area contributed by atoms with Gasteiger partial charge in [0.1, 0.15) is 0 Å². The summed E-state index contributed by atoms with van der Waals surface area (Å²) < 4.78 is 5.51. The molecule has 4 nitrogen and oxygen atoms in total. The minimum Gasteiger partial charge on any atom is -0.379 e. The minimum atomic E-state index is 0.538. The molecule has 0 saturated carbocycles. The molecule has 0 aliphatic carbocycles. The molecule has 4 heteroatoms. The first-order valence-electron chi connectivity index (χ1n) is 6.21. The number of nitrogens with one attached hydrogen (secondary N) is 1. The number of ether oxygens (including phenoxy) is 1. The molecule has 1 fully saturated rings. The van der Waals surface area contributed by atoms with E-state index in [1.54, 1.807) is 0 Å². The summed E-state index contributed by atoms with van der Waals surface area (Å²) >= 11 is 0. The highest BCUT2D eigenvalue weighted by atomic mass is 16.5. The van der Waals surface area contributed by atoms with Crippen LogP contribution in [0.15, 0.2) is 0 Å². The number of hydrogen-bond donors (Lipinski definition) is 1. The fraction of sp³-hybridized carbons (Fsp3) is 1.00. The van der Waals surface area contributed by atoms with Crippen molar-refractivity contribution in [2.24, 2.45) is 5.92 Å². The highest BCUT2D eigenvalue weighted by Crippen LogP contribution is 2.14. The lowest BCUT2D eigenvalue weighted by atomic mass is 10.0. The summed E-state index contributed by atoms with van der Waals surface area (Å²) in [6.07, 6.45) is 1.24. The standard InChI is InChI=1S/C12H27N3O/c1-13-12-10-16-9-11(12)8-15(4)7-5-6-14(2)3/h11-13H,5-10H2,1-4H3. The van der Waals surface area contributed by atoms with Gasteiger partial charge in [0.2, 0.25) is 0 Å². The van der Waals surface area contributed by atoms with Gasteiger partial charge >= 0.3 is 0 Å². The Labute approximate surface area is 99.9 Å². The minimum absolute atomic E-state index is 0.538. The molecular weight excluding hydrogens is 202 g/mol. The van der Waals surface area contributed by atoms with Crippen molar-refractivity contribution in [2.75, 3.05) is 61.0 Å². The SMILES string of the molecule is CNC1COCC1CN(C)CCCN(C)C. The zero-order chi connectivity index (χ0) is 12.0. The lowest BCUT2D eigenvalue weighted by molar-refractivity contribution is 0.172. The molecule has 0 aromatic heterocycles. The zero-order valence-corrected chi connectivity index (χ0v) is 11.2. The molecular formula is C12H27N3O. The Morgan fingerprint density at radius 1 is 1.19 bits per heavy atom. The Kier molecular flexibility index (Phi) is 6.28.